The summed E-state index contributed by atoms with van der Waals surface area (Å²) in [5.41, 5.74) is 3.75. The van der Waals surface area contributed by atoms with Crippen LogP contribution in [0, 0.1) is 13.8 Å². The molecule has 1 amide bonds. The van der Waals surface area contributed by atoms with Crippen LogP contribution in [0.25, 0.3) is 11.0 Å². The maximum Gasteiger partial charge on any atom is 0.290 e. The third-order valence-electron chi connectivity index (χ3n) is 5.75. The first-order chi connectivity index (χ1) is 14.3. The molecular weight excluding hydrogens is 444 g/mol. The van der Waals surface area contributed by atoms with Crippen LogP contribution < -0.4 is 5.43 Å². The van der Waals surface area contributed by atoms with E-state index in [0.29, 0.717) is 23.1 Å². The molecule has 1 atom stereocenters. The minimum atomic E-state index is -0.450. The molecule has 0 spiro atoms. The number of amides is 1. The molecule has 1 aliphatic rings. The van der Waals surface area contributed by atoms with Gasteiger partial charge in [-0.1, -0.05) is 28.1 Å². The van der Waals surface area contributed by atoms with Gasteiger partial charge in [0.15, 0.2) is 5.43 Å². The molecule has 2 aromatic carbocycles. The number of carbonyl (C=O) groups excluding carboxylic acids is 1. The van der Waals surface area contributed by atoms with E-state index in [4.69, 9.17) is 4.42 Å². The van der Waals surface area contributed by atoms with Gasteiger partial charge < -0.3 is 14.2 Å². The molecule has 30 heavy (non-hydrogen) atoms. The van der Waals surface area contributed by atoms with Gasteiger partial charge in [-0.2, -0.15) is 0 Å². The molecule has 5 nitrogen and oxygen atoms in total. The molecule has 6 heteroatoms. The van der Waals surface area contributed by atoms with Crippen molar-refractivity contribution in [2.45, 2.75) is 26.3 Å². The van der Waals surface area contributed by atoms with Crippen molar-refractivity contribution in [3.05, 3.63) is 79.1 Å². The van der Waals surface area contributed by atoms with Crippen LogP contribution in [-0.4, -0.2) is 42.9 Å². The number of hydrogen-bond acceptors (Lipinski definition) is 4. The van der Waals surface area contributed by atoms with E-state index in [2.05, 4.69) is 20.8 Å². The first-order valence-corrected chi connectivity index (χ1v) is 10.9. The average molecular weight is 469 g/mol. The Balaban J connectivity index is 1.91. The molecule has 0 aliphatic carbocycles. The molecule has 1 unspecified atom stereocenters. The highest BCUT2D eigenvalue weighted by Crippen LogP contribution is 2.39. The monoisotopic (exact) mass is 468 g/mol. The Hall–Kier alpha value is -2.44. The highest BCUT2D eigenvalue weighted by molar-refractivity contribution is 9.10. The van der Waals surface area contributed by atoms with Crippen molar-refractivity contribution < 1.29 is 9.21 Å². The lowest BCUT2D eigenvalue weighted by molar-refractivity contribution is 0.0722. The van der Waals surface area contributed by atoms with E-state index in [1.807, 2.05) is 64.3 Å². The van der Waals surface area contributed by atoms with E-state index in [1.54, 1.807) is 4.90 Å². The fraction of sp³-hybridized carbons (Fsp3) is 0.333. The van der Waals surface area contributed by atoms with E-state index in [9.17, 15) is 9.59 Å². The quantitative estimate of drug-likeness (QED) is 0.545. The molecular formula is C24H25BrN2O3. The van der Waals surface area contributed by atoms with Crippen molar-refractivity contribution in [1.29, 1.82) is 0 Å². The number of halogens is 1. The summed E-state index contributed by atoms with van der Waals surface area (Å²) in [7, 11) is 4.02. The Bertz CT molecular complexity index is 1200. The van der Waals surface area contributed by atoms with Gasteiger partial charge in [0.2, 0.25) is 5.76 Å². The maximum atomic E-state index is 13.6. The van der Waals surface area contributed by atoms with Crippen LogP contribution in [0.2, 0.25) is 0 Å². The number of fused-ring (bicyclic) bond motifs is 2. The molecule has 0 N–H and O–H groups in total. The topological polar surface area (TPSA) is 53.8 Å². The zero-order valence-electron chi connectivity index (χ0n) is 17.7. The van der Waals surface area contributed by atoms with Gasteiger partial charge in [-0.25, -0.2) is 0 Å². The van der Waals surface area contributed by atoms with Gasteiger partial charge in [0.25, 0.3) is 5.91 Å². The van der Waals surface area contributed by atoms with E-state index in [0.717, 1.165) is 34.1 Å². The third kappa shape index (κ3) is 3.59. The van der Waals surface area contributed by atoms with Crippen molar-refractivity contribution in [3.63, 3.8) is 0 Å². The molecule has 0 saturated carbocycles. The molecule has 0 radical (unpaired) electrons. The Kier molecular flexibility index (Phi) is 5.55. The summed E-state index contributed by atoms with van der Waals surface area (Å²) in [5.74, 6) is -0.0449. The summed E-state index contributed by atoms with van der Waals surface area (Å²) >= 11 is 3.52. The number of carbonyl (C=O) groups is 1. The summed E-state index contributed by atoms with van der Waals surface area (Å²) in [6.45, 7) is 5.35. The highest BCUT2D eigenvalue weighted by Gasteiger charge is 2.42. The summed E-state index contributed by atoms with van der Waals surface area (Å²) < 4.78 is 6.97. The number of hydrogen-bond donors (Lipinski definition) is 0. The third-order valence-corrected chi connectivity index (χ3v) is 6.24. The zero-order chi connectivity index (χ0) is 21.6. The first-order valence-electron chi connectivity index (χ1n) is 10.1. The second-order valence-corrected chi connectivity index (χ2v) is 9.14. The van der Waals surface area contributed by atoms with Gasteiger partial charge in [0.05, 0.1) is 17.0 Å². The number of rotatable bonds is 5. The van der Waals surface area contributed by atoms with Crippen molar-refractivity contribution in [2.24, 2.45) is 0 Å². The smallest absolute Gasteiger partial charge is 0.290 e. The van der Waals surface area contributed by atoms with Crippen molar-refractivity contribution in [1.82, 2.24) is 9.80 Å². The predicted octanol–water partition coefficient (Wildman–Crippen LogP) is 4.67. The van der Waals surface area contributed by atoms with Gasteiger partial charge in [0.1, 0.15) is 5.58 Å². The molecule has 0 fully saturated rings. The molecule has 0 bridgehead atoms. The van der Waals surface area contributed by atoms with Crippen LogP contribution in [0.4, 0.5) is 0 Å². The minimum Gasteiger partial charge on any atom is -0.450 e. The average Bonchev–Trinajstić information content (AvgIpc) is 2.96. The van der Waals surface area contributed by atoms with Crippen LogP contribution in [0.3, 0.4) is 0 Å². The number of aryl methyl sites for hydroxylation is 2. The molecule has 2 heterocycles. The van der Waals surface area contributed by atoms with Crippen LogP contribution in [0.5, 0.6) is 0 Å². The lowest BCUT2D eigenvalue weighted by Gasteiger charge is -2.26. The summed E-state index contributed by atoms with van der Waals surface area (Å²) in [6.07, 6.45) is 0.809. The number of nitrogens with zero attached hydrogens (tertiary/aromatic N) is 2. The highest BCUT2D eigenvalue weighted by atomic mass is 79.9. The van der Waals surface area contributed by atoms with Crippen molar-refractivity contribution in [3.8, 4) is 0 Å². The Morgan fingerprint density at radius 3 is 2.53 bits per heavy atom. The SMILES string of the molecule is Cc1cc2oc3c(c(=O)c2cc1C)C(c1cccc(Br)c1)N(CCCN(C)C)C3=O. The molecule has 3 aromatic rings. The minimum absolute atomic E-state index is 0.122. The van der Waals surface area contributed by atoms with Gasteiger partial charge in [-0.15, -0.1) is 0 Å². The second kappa shape index (κ2) is 8.00. The van der Waals surface area contributed by atoms with Crippen molar-refractivity contribution >= 4 is 32.8 Å². The van der Waals surface area contributed by atoms with Crippen molar-refractivity contribution in [2.75, 3.05) is 27.2 Å². The fourth-order valence-corrected chi connectivity index (χ4v) is 4.50. The standard InChI is InChI=1S/C24H25BrN2O3/c1-14-11-18-19(12-15(14)2)30-23-20(22(18)28)21(16-7-5-8-17(25)13-16)27(24(23)29)10-6-9-26(3)4/h5,7-8,11-13,21H,6,9-10H2,1-4H3. The number of benzene rings is 2. The van der Waals surface area contributed by atoms with Crippen LogP contribution in [0.15, 0.2) is 50.1 Å². The Morgan fingerprint density at radius 1 is 1.10 bits per heavy atom. The Labute approximate surface area is 184 Å². The maximum absolute atomic E-state index is 13.6. The predicted molar refractivity (Wildman–Crippen MR) is 122 cm³/mol. The Morgan fingerprint density at radius 2 is 1.83 bits per heavy atom. The van der Waals surface area contributed by atoms with Gasteiger partial charge in [-0.3, -0.25) is 9.59 Å². The summed E-state index contributed by atoms with van der Waals surface area (Å²) in [5, 5.41) is 0.528. The van der Waals surface area contributed by atoms with Gasteiger partial charge in [0, 0.05) is 11.0 Å². The summed E-state index contributed by atoms with van der Waals surface area (Å²) in [6, 6.07) is 11.1. The van der Waals surface area contributed by atoms with Crippen LogP contribution in [-0.2, 0) is 0 Å². The molecule has 1 aromatic heterocycles. The molecule has 0 saturated heterocycles. The van der Waals surface area contributed by atoms with Crippen LogP contribution >= 0.6 is 15.9 Å². The molecule has 4 rings (SSSR count). The second-order valence-electron chi connectivity index (χ2n) is 8.22. The van der Waals surface area contributed by atoms with E-state index in [1.165, 1.54) is 0 Å². The van der Waals surface area contributed by atoms with E-state index < -0.39 is 6.04 Å². The van der Waals surface area contributed by atoms with Crippen LogP contribution in [0.1, 0.15) is 45.3 Å². The van der Waals surface area contributed by atoms with E-state index in [-0.39, 0.29) is 17.1 Å². The fourth-order valence-electron chi connectivity index (χ4n) is 4.09. The lowest BCUT2D eigenvalue weighted by atomic mass is 9.97. The molecule has 1 aliphatic heterocycles. The zero-order valence-corrected chi connectivity index (χ0v) is 19.2. The lowest BCUT2D eigenvalue weighted by Crippen LogP contribution is -2.32. The van der Waals surface area contributed by atoms with Gasteiger partial charge in [-0.05, 0) is 81.9 Å². The first kappa shape index (κ1) is 20.8. The summed E-state index contributed by atoms with van der Waals surface area (Å²) in [4.78, 5) is 30.8. The van der Waals surface area contributed by atoms with E-state index >= 15 is 0 Å². The largest absolute Gasteiger partial charge is 0.450 e. The molecule has 156 valence electrons. The van der Waals surface area contributed by atoms with Gasteiger partial charge >= 0.3 is 0 Å². The normalized spacial score (nSPS) is 16.0.